The van der Waals surface area contributed by atoms with Crippen LogP contribution in [0, 0.1) is 12.9 Å². The summed E-state index contributed by atoms with van der Waals surface area (Å²) < 4.78 is 15.5. The number of nitrogens with zero attached hydrogens (tertiary/aromatic N) is 3. The summed E-state index contributed by atoms with van der Waals surface area (Å²) in [6.45, 7) is 2.15. The fraction of sp³-hybridized carbons (Fsp3) is 0.273. The first-order valence-electron chi connectivity index (χ1n) is 9.19. The topological polar surface area (TPSA) is 38.1 Å². The lowest BCUT2D eigenvalue weighted by Crippen LogP contribution is -2.33. The third-order valence-corrected chi connectivity index (χ3v) is 5.00. The number of benzene rings is 2. The second kappa shape index (κ2) is 6.99. The van der Waals surface area contributed by atoms with Gasteiger partial charge in [0.2, 0.25) is 5.95 Å². The lowest BCUT2D eigenvalue weighted by atomic mass is 10.0. The first-order chi connectivity index (χ1) is 13.0. The Labute approximate surface area is 158 Å². The molecule has 0 aliphatic heterocycles. The second-order valence-electron chi connectivity index (χ2n) is 7.11. The fourth-order valence-corrected chi connectivity index (χ4v) is 3.45. The Kier molecular flexibility index (Phi) is 4.52. The summed E-state index contributed by atoms with van der Waals surface area (Å²) in [5, 5.41) is 4.05. The standard InChI is InChI=1S/C22H22FN3O/c1-15-20(21(23)25(2)24-15)22(27)26(19-11-12-19)14-16-7-6-10-18(13-16)17-8-4-3-5-9-17/h3-10,13,19H,11-12,14H2,1-2H3. The minimum Gasteiger partial charge on any atom is -0.331 e. The fourth-order valence-electron chi connectivity index (χ4n) is 3.45. The quantitative estimate of drug-likeness (QED) is 0.676. The summed E-state index contributed by atoms with van der Waals surface area (Å²) in [5.74, 6) is -0.841. The van der Waals surface area contributed by atoms with Gasteiger partial charge < -0.3 is 4.90 Å². The first-order valence-corrected chi connectivity index (χ1v) is 9.19. The van der Waals surface area contributed by atoms with Crippen molar-refractivity contribution in [2.45, 2.75) is 32.4 Å². The average molecular weight is 363 g/mol. The minimum absolute atomic E-state index is 0.0867. The lowest BCUT2D eigenvalue weighted by molar-refractivity contribution is 0.0724. The molecule has 0 atom stereocenters. The second-order valence-corrected chi connectivity index (χ2v) is 7.11. The highest BCUT2D eigenvalue weighted by molar-refractivity contribution is 5.95. The van der Waals surface area contributed by atoms with Gasteiger partial charge in [-0.3, -0.25) is 4.79 Å². The molecule has 27 heavy (non-hydrogen) atoms. The molecule has 1 fully saturated rings. The molecular weight excluding hydrogens is 341 g/mol. The molecule has 1 saturated carbocycles. The number of carbonyl (C=O) groups is 1. The maximum absolute atomic E-state index is 14.4. The van der Waals surface area contributed by atoms with E-state index in [-0.39, 0.29) is 17.5 Å². The Morgan fingerprint density at radius 2 is 1.85 bits per heavy atom. The van der Waals surface area contributed by atoms with Gasteiger partial charge in [-0.05, 0) is 42.5 Å². The van der Waals surface area contributed by atoms with E-state index in [0.29, 0.717) is 12.2 Å². The number of aromatic nitrogens is 2. The highest BCUT2D eigenvalue weighted by Gasteiger charge is 2.36. The molecule has 0 bridgehead atoms. The third kappa shape index (κ3) is 3.50. The molecule has 1 heterocycles. The van der Waals surface area contributed by atoms with Gasteiger partial charge in [0.05, 0.1) is 5.69 Å². The van der Waals surface area contributed by atoms with E-state index in [4.69, 9.17) is 0 Å². The number of rotatable bonds is 5. The molecule has 1 aliphatic rings. The SMILES string of the molecule is Cc1nn(C)c(F)c1C(=O)N(Cc1cccc(-c2ccccc2)c1)C1CC1. The monoisotopic (exact) mass is 363 g/mol. The molecule has 0 spiro atoms. The van der Waals surface area contributed by atoms with Crippen LogP contribution >= 0.6 is 0 Å². The number of aryl methyl sites for hydroxylation is 2. The van der Waals surface area contributed by atoms with Crippen molar-refractivity contribution in [3.63, 3.8) is 0 Å². The van der Waals surface area contributed by atoms with Crippen molar-refractivity contribution in [1.29, 1.82) is 0 Å². The van der Waals surface area contributed by atoms with Gasteiger partial charge in [0.15, 0.2) is 0 Å². The van der Waals surface area contributed by atoms with Crippen molar-refractivity contribution in [2.24, 2.45) is 7.05 Å². The highest BCUT2D eigenvalue weighted by Crippen LogP contribution is 2.31. The van der Waals surface area contributed by atoms with E-state index in [1.807, 2.05) is 30.3 Å². The van der Waals surface area contributed by atoms with Crippen LogP contribution in [0.1, 0.15) is 34.5 Å². The van der Waals surface area contributed by atoms with Crippen LogP contribution in [0.15, 0.2) is 54.6 Å². The Bertz CT molecular complexity index is 976. The van der Waals surface area contributed by atoms with Gasteiger partial charge in [-0.2, -0.15) is 9.49 Å². The van der Waals surface area contributed by atoms with E-state index in [1.165, 1.54) is 7.05 Å². The molecule has 0 radical (unpaired) electrons. The number of hydrogen-bond donors (Lipinski definition) is 0. The maximum atomic E-state index is 14.4. The molecule has 4 rings (SSSR count). The summed E-state index contributed by atoms with van der Waals surface area (Å²) >= 11 is 0. The molecule has 4 nitrogen and oxygen atoms in total. The van der Waals surface area contributed by atoms with Gasteiger partial charge in [0.1, 0.15) is 5.56 Å². The summed E-state index contributed by atoms with van der Waals surface area (Å²) in [7, 11) is 1.52. The largest absolute Gasteiger partial charge is 0.331 e. The van der Waals surface area contributed by atoms with Crippen molar-refractivity contribution in [1.82, 2.24) is 14.7 Å². The van der Waals surface area contributed by atoms with Gasteiger partial charge in [-0.1, -0.05) is 48.5 Å². The maximum Gasteiger partial charge on any atom is 0.260 e. The van der Waals surface area contributed by atoms with E-state index in [2.05, 4.69) is 29.4 Å². The van der Waals surface area contributed by atoms with Crippen molar-refractivity contribution in [2.75, 3.05) is 0 Å². The van der Waals surface area contributed by atoms with Gasteiger partial charge in [0, 0.05) is 19.6 Å². The normalized spacial score (nSPS) is 13.6. The predicted octanol–water partition coefficient (Wildman–Crippen LogP) is 4.34. The van der Waals surface area contributed by atoms with E-state index in [9.17, 15) is 9.18 Å². The van der Waals surface area contributed by atoms with Crippen molar-refractivity contribution in [3.05, 3.63) is 77.4 Å². The summed E-state index contributed by atoms with van der Waals surface area (Å²) in [6, 6.07) is 18.5. The minimum atomic E-state index is -0.568. The van der Waals surface area contributed by atoms with E-state index in [1.54, 1.807) is 11.8 Å². The van der Waals surface area contributed by atoms with Crippen LogP contribution in [0.4, 0.5) is 4.39 Å². The van der Waals surface area contributed by atoms with Gasteiger partial charge in [-0.15, -0.1) is 0 Å². The van der Waals surface area contributed by atoms with Gasteiger partial charge in [-0.25, -0.2) is 4.68 Å². The molecular formula is C22H22FN3O. The number of halogens is 1. The van der Waals surface area contributed by atoms with Crippen LogP contribution in [-0.2, 0) is 13.6 Å². The smallest absolute Gasteiger partial charge is 0.260 e. The van der Waals surface area contributed by atoms with Crippen molar-refractivity contribution in [3.8, 4) is 11.1 Å². The molecule has 0 unspecified atom stereocenters. The van der Waals surface area contributed by atoms with Crippen LogP contribution in [0.2, 0.25) is 0 Å². The summed E-state index contributed by atoms with van der Waals surface area (Å²) in [5.41, 5.74) is 3.81. The Hall–Kier alpha value is -2.95. The molecule has 5 heteroatoms. The molecule has 1 aromatic heterocycles. The molecule has 0 saturated heterocycles. The zero-order valence-electron chi connectivity index (χ0n) is 15.5. The van der Waals surface area contributed by atoms with Crippen molar-refractivity contribution >= 4 is 5.91 Å². The van der Waals surface area contributed by atoms with Crippen LogP contribution in [0.5, 0.6) is 0 Å². The first kappa shape index (κ1) is 17.5. The number of carbonyl (C=O) groups excluding carboxylic acids is 1. The van der Waals surface area contributed by atoms with Crippen molar-refractivity contribution < 1.29 is 9.18 Å². The zero-order chi connectivity index (χ0) is 19.0. The van der Waals surface area contributed by atoms with Crippen LogP contribution in [0.3, 0.4) is 0 Å². The van der Waals surface area contributed by atoms with Crippen LogP contribution in [0.25, 0.3) is 11.1 Å². The molecule has 2 aromatic carbocycles. The van der Waals surface area contributed by atoms with E-state index < -0.39 is 5.95 Å². The Balaban J connectivity index is 1.62. The van der Waals surface area contributed by atoms with Crippen LogP contribution in [-0.4, -0.2) is 26.6 Å². The summed E-state index contributed by atoms with van der Waals surface area (Å²) in [6.07, 6.45) is 1.93. The molecule has 1 amide bonds. The Morgan fingerprint density at radius 1 is 1.15 bits per heavy atom. The van der Waals surface area contributed by atoms with Gasteiger partial charge in [0.25, 0.3) is 5.91 Å². The van der Waals surface area contributed by atoms with Gasteiger partial charge >= 0.3 is 0 Å². The molecule has 1 aliphatic carbocycles. The van der Waals surface area contributed by atoms with Crippen LogP contribution < -0.4 is 0 Å². The zero-order valence-corrected chi connectivity index (χ0v) is 15.5. The number of hydrogen-bond acceptors (Lipinski definition) is 2. The number of amides is 1. The highest BCUT2D eigenvalue weighted by atomic mass is 19.1. The molecule has 3 aromatic rings. The summed E-state index contributed by atoms with van der Waals surface area (Å²) in [4.78, 5) is 14.9. The Morgan fingerprint density at radius 3 is 2.48 bits per heavy atom. The third-order valence-electron chi connectivity index (χ3n) is 5.00. The molecule has 0 N–H and O–H groups in total. The van der Waals surface area contributed by atoms with E-state index in [0.717, 1.165) is 34.2 Å². The van der Waals surface area contributed by atoms with E-state index >= 15 is 0 Å². The molecule has 138 valence electrons. The predicted molar refractivity (Wildman–Crippen MR) is 103 cm³/mol. The average Bonchev–Trinajstić information content (AvgIpc) is 3.48. The lowest BCUT2D eigenvalue weighted by Gasteiger charge is -2.23.